The van der Waals surface area contributed by atoms with E-state index in [1.807, 2.05) is 42.5 Å². The number of piperidine rings is 1. The molecule has 46 heavy (non-hydrogen) atoms. The summed E-state index contributed by atoms with van der Waals surface area (Å²) >= 11 is 7.40. The summed E-state index contributed by atoms with van der Waals surface area (Å²) in [4.78, 5) is 18.1. The van der Waals surface area contributed by atoms with Crippen LogP contribution in [0.15, 0.2) is 54.4 Å². The van der Waals surface area contributed by atoms with Gasteiger partial charge in [0.1, 0.15) is 10.6 Å². The van der Waals surface area contributed by atoms with E-state index in [1.54, 1.807) is 6.92 Å². The number of carbonyl (C=O) groups is 1. The average Bonchev–Trinajstić information content (AvgIpc) is 3.48. The first-order valence-electron chi connectivity index (χ1n) is 16.0. The molecule has 250 valence electrons. The van der Waals surface area contributed by atoms with Crippen LogP contribution >= 0.6 is 11.6 Å². The number of nitrogens with zero attached hydrogens (tertiary/aromatic N) is 5. The van der Waals surface area contributed by atoms with E-state index in [2.05, 4.69) is 19.8 Å². The Hall–Kier alpha value is -2.96. The fourth-order valence-electron chi connectivity index (χ4n) is 7.34. The molecule has 1 aromatic heterocycles. The second-order valence-corrected chi connectivity index (χ2v) is 13.4. The van der Waals surface area contributed by atoms with E-state index in [9.17, 15) is 26.7 Å². The molecule has 2 aliphatic heterocycles. The fraction of sp³-hybridized carbons (Fsp3) is 0.576. The molecule has 2 aliphatic carbocycles. The van der Waals surface area contributed by atoms with Crippen LogP contribution in [0.4, 0.5) is 22.0 Å². The minimum atomic E-state index is -4.80. The van der Waals surface area contributed by atoms with Gasteiger partial charge in [-0.25, -0.2) is 13.6 Å². The quantitative estimate of drug-likeness (QED) is 0.136. The number of piperazine rings is 1. The Morgan fingerprint density at radius 3 is 2.46 bits per heavy atom. The highest BCUT2D eigenvalue weighted by atomic mass is 35.5. The van der Waals surface area contributed by atoms with E-state index in [1.165, 1.54) is 0 Å². The molecular weight excluding hydrogens is 629 g/mol. The van der Waals surface area contributed by atoms with Gasteiger partial charge in [-0.05, 0) is 37.3 Å². The van der Waals surface area contributed by atoms with Crippen molar-refractivity contribution in [3.05, 3.63) is 71.2 Å². The van der Waals surface area contributed by atoms with Crippen molar-refractivity contribution in [1.82, 2.24) is 24.5 Å². The Balaban J connectivity index is 1.23. The molecular formula is C33H39ClF5N5O2. The normalized spacial score (nSPS) is 26.3. The van der Waals surface area contributed by atoms with Crippen LogP contribution in [-0.4, -0.2) is 93.8 Å². The maximum atomic E-state index is 14.3. The molecule has 7 nitrogen and oxygen atoms in total. The lowest BCUT2D eigenvalue weighted by molar-refractivity contribution is -0.146. The minimum absolute atomic E-state index is 0.0251. The maximum Gasteiger partial charge on any atom is 0.433 e. The summed E-state index contributed by atoms with van der Waals surface area (Å²) in [5.41, 5.74) is 1.22. The minimum Gasteiger partial charge on any atom is -0.462 e. The summed E-state index contributed by atoms with van der Waals surface area (Å²) in [7, 11) is 0. The van der Waals surface area contributed by atoms with Crippen LogP contribution in [0.5, 0.6) is 0 Å². The van der Waals surface area contributed by atoms with Crippen molar-refractivity contribution < 1.29 is 31.5 Å². The molecule has 3 fully saturated rings. The lowest BCUT2D eigenvalue weighted by Gasteiger charge is -2.48. The van der Waals surface area contributed by atoms with Gasteiger partial charge in [-0.2, -0.15) is 18.3 Å². The van der Waals surface area contributed by atoms with E-state index >= 15 is 0 Å². The number of likely N-dealkylation sites (tertiary alicyclic amines) is 1. The van der Waals surface area contributed by atoms with Gasteiger partial charge in [0.2, 0.25) is 5.92 Å². The topological polar surface area (TPSA) is 53.8 Å². The van der Waals surface area contributed by atoms with Crippen molar-refractivity contribution in [2.75, 3.05) is 52.4 Å². The Morgan fingerprint density at radius 1 is 1.09 bits per heavy atom. The predicted molar refractivity (Wildman–Crippen MR) is 164 cm³/mol. The summed E-state index contributed by atoms with van der Waals surface area (Å²) in [6, 6.07) is 9.21. The third-order valence-electron chi connectivity index (χ3n) is 9.59. The Kier molecular flexibility index (Phi) is 9.26. The number of hydrogen-bond acceptors (Lipinski definition) is 6. The molecule has 2 aromatic rings. The molecule has 6 rings (SSSR count). The average molecular weight is 668 g/mol. The monoisotopic (exact) mass is 667 g/mol. The van der Waals surface area contributed by atoms with Gasteiger partial charge < -0.3 is 14.5 Å². The van der Waals surface area contributed by atoms with E-state index in [4.69, 9.17) is 16.3 Å². The van der Waals surface area contributed by atoms with Gasteiger partial charge in [-0.1, -0.05) is 48.0 Å². The third-order valence-corrected chi connectivity index (χ3v) is 10.1. The third kappa shape index (κ3) is 6.85. The molecule has 4 aliphatic rings. The first kappa shape index (κ1) is 33.0. The summed E-state index contributed by atoms with van der Waals surface area (Å²) in [5.74, 6) is -3.55. The molecule has 0 bridgehead atoms. The molecule has 2 atom stereocenters. The van der Waals surface area contributed by atoms with E-state index in [-0.39, 0.29) is 31.9 Å². The number of benzene rings is 1. The number of allylic oxidation sites excluding steroid dienone is 2. The highest BCUT2D eigenvalue weighted by Crippen LogP contribution is 2.45. The number of carbonyl (C=O) groups excluding carboxylic acids is 1. The highest BCUT2D eigenvalue weighted by Gasteiger charge is 2.47. The second-order valence-electron chi connectivity index (χ2n) is 12.8. The molecule has 0 amide bonds. The highest BCUT2D eigenvalue weighted by molar-refractivity contribution is 6.25. The fourth-order valence-corrected chi connectivity index (χ4v) is 7.70. The van der Waals surface area contributed by atoms with Gasteiger partial charge in [0.25, 0.3) is 0 Å². The number of esters is 1. The molecule has 0 N–H and O–H groups in total. The first-order valence-corrected chi connectivity index (χ1v) is 16.3. The van der Waals surface area contributed by atoms with Gasteiger partial charge in [-0.3, -0.25) is 9.58 Å². The molecule has 3 heterocycles. The van der Waals surface area contributed by atoms with Crippen LogP contribution in [0, 0.1) is 5.92 Å². The number of aromatic nitrogens is 2. The van der Waals surface area contributed by atoms with Crippen LogP contribution in [0.2, 0.25) is 0 Å². The predicted octanol–water partition coefficient (Wildman–Crippen LogP) is 6.68. The molecule has 1 aromatic carbocycles. The van der Waals surface area contributed by atoms with E-state index in [0.717, 1.165) is 40.8 Å². The van der Waals surface area contributed by atoms with Crippen molar-refractivity contribution in [3.63, 3.8) is 0 Å². The SMILES string of the molecule is CCOC(=O)c1cnn(C2CCCN(C3=C(c4ccccc4)C=CC(Cl)(N4CCN(CC5CC(F)(F)C5)CC4)C3)C2)c1C(F)(F)F. The maximum absolute atomic E-state index is 14.3. The summed E-state index contributed by atoms with van der Waals surface area (Å²) < 4.78 is 75.6. The van der Waals surface area contributed by atoms with Crippen molar-refractivity contribution >= 4 is 23.1 Å². The van der Waals surface area contributed by atoms with Gasteiger partial charge in [0.15, 0.2) is 5.69 Å². The molecule has 2 saturated heterocycles. The Labute approximate surface area is 270 Å². The Bertz CT molecular complexity index is 1460. The van der Waals surface area contributed by atoms with Crippen molar-refractivity contribution in [2.24, 2.45) is 5.92 Å². The first-order chi connectivity index (χ1) is 21.9. The largest absolute Gasteiger partial charge is 0.462 e. The number of ether oxygens (including phenoxy) is 1. The molecule has 1 saturated carbocycles. The van der Waals surface area contributed by atoms with Crippen molar-refractivity contribution in [1.29, 1.82) is 0 Å². The van der Waals surface area contributed by atoms with Crippen LogP contribution in [-0.2, 0) is 10.9 Å². The van der Waals surface area contributed by atoms with E-state index < -0.39 is 40.4 Å². The Morgan fingerprint density at radius 2 is 1.80 bits per heavy atom. The second kappa shape index (κ2) is 12.9. The zero-order valence-electron chi connectivity index (χ0n) is 25.8. The van der Waals surface area contributed by atoms with Crippen LogP contribution in [0.25, 0.3) is 5.57 Å². The van der Waals surface area contributed by atoms with Crippen LogP contribution in [0.3, 0.4) is 0 Å². The molecule has 0 radical (unpaired) electrons. The standard InChI is InChI=1S/C33H39ClF5N5O2/c1-2-46-30(45)27-20-40-44(29(27)33(37,38)39)25-9-6-12-42(22-25)28-19-31(34,11-10-26(28)24-7-4-3-5-8-24)43-15-13-41(14-16-43)21-23-17-32(35,36)18-23/h3-5,7-8,10-11,20,23,25H,2,6,9,12-19,21-22H2,1H3. The van der Waals surface area contributed by atoms with Crippen LogP contribution < -0.4 is 0 Å². The van der Waals surface area contributed by atoms with Crippen molar-refractivity contribution in [3.8, 4) is 0 Å². The van der Waals surface area contributed by atoms with Gasteiger partial charge in [0.05, 0.1) is 18.8 Å². The lowest BCUT2D eigenvalue weighted by atomic mass is 9.81. The molecule has 2 unspecified atom stereocenters. The van der Waals surface area contributed by atoms with Gasteiger partial charge in [0, 0.05) is 76.3 Å². The van der Waals surface area contributed by atoms with Crippen LogP contribution in [0.1, 0.15) is 66.7 Å². The van der Waals surface area contributed by atoms with Gasteiger partial charge >= 0.3 is 12.1 Å². The summed E-state index contributed by atoms with van der Waals surface area (Å²) in [5, 5.41) is 4.07. The zero-order chi connectivity index (χ0) is 32.7. The summed E-state index contributed by atoms with van der Waals surface area (Å²) in [6.45, 7) is 5.86. The smallest absolute Gasteiger partial charge is 0.433 e. The van der Waals surface area contributed by atoms with E-state index in [0.29, 0.717) is 45.4 Å². The number of rotatable bonds is 8. The number of hydrogen-bond donors (Lipinski definition) is 0. The van der Waals surface area contributed by atoms with Gasteiger partial charge in [-0.15, -0.1) is 0 Å². The molecule has 13 heteroatoms. The lowest BCUT2D eigenvalue weighted by Crippen LogP contribution is -2.56. The summed E-state index contributed by atoms with van der Waals surface area (Å²) in [6.07, 6.45) is 1.62. The number of halogens is 6. The zero-order valence-corrected chi connectivity index (χ0v) is 26.5. The molecule has 0 spiro atoms. The number of alkyl halides is 6. The van der Waals surface area contributed by atoms with Crippen molar-refractivity contribution in [2.45, 2.75) is 62.2 Å².